The van der Waals surface area contributed by atoms with Crippen LogP contribution in [0.15, 0.2) is 0 Å². The first kappa shape index (κ1) is 17.2. The largest absolute Gasteiger partial charge is 0.415 e. The van der Waals surface area contributed by atoms with Gasteiger partial charge in [-0.2, -0.15) is 13.2 Å². The SMILES string of the molecule is CN(C)C(=O)CN1CCCN(CC(O)C(F)(F)F)CC1. The molecule has 0 aromatic carbocycles. The molecular weight excluding hydrogens is 275 g/mol. The van der Waals surface area contributed by atoms with Gasteiger partial charge in [-0.1, -0.05) is 0 Å². The van der Waals surface area contributed by atoms with Crippen LogP contribution < -0.4 is 0 Å². The van der Waals surface area contributed by atoms with Crippen LogP contribution in [-0.4, -0.2) is 91.4 Å². The third-order valence-electron chi connectivity index (χ3n) is 3.35. The lowest BCUT2D eigenvalue weighted by atomic mass is 10.3. The second-order valence-electron chi connectivity index (χ2n) is 5.28. The lowest BCUT2D eigenvalue weighted by Gasteiger charge is -2.25. The van der Waals surface area contributed by atoms with Crippen molar-refractivity contribution in [1.82, 2.24) is 14.7 Å². The van der Waals surface area contributed by atoms with Gasteiger partial charge in [-0.3, -0.25) is 14.6 Å². The van der Waals surface area contributed by atoms with E-state index in [9.17, 15) is 18.0 Å². The summed E-state index contributed by atoms with van der Waals surface area (Å²) in [6.45, 7) is 2.01. The summed E-state index contributed by atoms with van der Waals surface area (Å²) < 4.78 is 36.9. The molecule has 1 saturated heterocycles. The molecule has 1 rings (SSSR count). The zero-order valence-corrected chi connectivity index (χ0v) is 11.9. The van der Waals surface area contributed by atoms with Crippen molar-refractivity contribution < 1.29 is 23.1 Å². The fraction of sp³-hybridized carbons (Fsp3) is 0.917. The zero-order valence-electron chi connectivity index (χ0n) is 11.9. The Morgan fingerprint density at radius 1 is 1.20 bits per heavy atom. The first-order chi connectivity index (χ1) is 9.20. The molecule has 1 aliphatic rings. The number of nitrogens with zero attached hydrogens (tertiary/aromatic N) is 3. The standard InChI is InChI=1S/C12H22F3N3O2/c1-16(2)11(20)9-18-5-3-4-17(6-7-18)8-10(19)12(13,14)15/h10,19H,3-9H2,1-2H3. The monoisotopic (exact) mass is 297 g/mol. The minimum absolute atomic E-state index is 0.0197. The average molecular weight is 297 g/mol. The smallest absolute Gasteiger partial charge is 0.382 e. The Morgan fingerprint density at radius 2 is 1.75 bits per heavy atom. The predicted molar refractivity (Wildman–Crippen MR) is 68.3 cm³/mol. The fourth-order valence-corrected chi connectivity index (χ4v) is 2.05. The summed E-state index contributed by atoms with van der Waals surface area (Å²) >= 11 is 0. The van der Waals surface area contributed by atoms with Crippen molar-refractivity contribution in [1.29, 1.82) is 0 Å². The number of likely N-dealkylation sites (N-methyl/N-ethyl adjacent to an activating group) is 1. The van der Waals surface area contributed by atoms with Crippen molar-refractivity contribution in [3.05, 3.63) is 0 Å². The van der Waals surface area contributed by atoms with E-state index < -0.39 is 18.8 Å². The van der Waals surface area contributed by atoms with Crippen molar-refractivity contribution in [3.63, 3.8) is 0 Å². The summed E-state index contributed by atoms with van der Waals surface area (Å²) in [5, 5.41) is 9.07. The molecular formula is C12H22F3N3O2. The molecule has 1 aliphatic heterocycles. The summed E-state index contributed by atoms with van der Waals surface area (Å²) in [6.07, 6.45) is -6.20. The second kappa shape index (κ2) is 7.24. The number of hydrogen-bond acceptors (Lipinski definition) is 4. The number of hydrogen-bond donors (Lipinski definition) is 1. The van der Waals surface area contributed by atoms with Crippen LogP contribution in [0.1, 0.15) is 6.42 Å². The van der Waals surface area contributed by atoms with Gasteiger partial charge in [0.2, 0.25) is 5.91 Å². The molecule has 1 amide bonds. The lowest BCUT2D eigenvalue weighted by Crippen LogP contribution is -2.43. The van der Waals surface area contributed by atoms with Gasteiger partial charge in [0.25, 0.3) is 0 Å². The second-order valence-corrected chi connectivity index (χ2v) is 5.28. The minimum atomic E-state index is -4.58. The van der Waals surface area contributed by atoms with Crippen molar-refractivity contribution in [2.45, 2.75) is 18.7 Å². The molecule has 1 N–H and O–H groups in total. The number of halogens is 3. The molecule has 8 heteroatoms. The molecule has 0 bridgehead atoms. The lowest BCUT2D eigenvalue weighted by molar-refractivity contribution is -0.208. The van der Waals surface area contributed by atoms with E-state index >= 15 is 0 Å². The van der Waals surface area contributed by atoms with Gasteiger partial charge in [0.1, 0.15) is 0 Å². The highest BCUT2D eigenvalue weighted by molar-refractivity contribution is 5.77. The van der Waals surface area contributed by atoms with Crippen molar-refractivity contribution >= 4 is 5.91 Å². The number of carbonyl (C=O) groups excluding carboxylic acids is 1. The number of amides is 1. The Labute approximate surface area is 116 Å². The van der Waals surface area contributed by atoms with E-state index in [4.69, 9.17) is 5.11 Å². The van der Waals surface area contributed by atoms with Crippen LogP contribution in [-0.2, 0) is 4.79 Å². The van der Waals surface area contributed by atoms with Crippen molar-refractivity contribution in [2.24, 2.45) is 0 Å². The topological polar surface area (TPSA) is 47.0 Å². The van der Waals surface area contributed by atoms with E-state index in [1.54, 1.807) is 19.0 Å². The Hall–Kier alpha value is -0.860. The van der Waals surface area contributed by atoms with E-state index in [0.717, 1.165) is 0 Å². The Bertz CT molecular complexity index is 324. The number of aliphatic hydroxyl groups is 1. The normalized spacial score (nSPS) is 20.5. The Morgan fingerprint density at radius 3 is 2.30 bits per heavy atom. The molecule has 0 radical (unpaired) electrons. The van der Waals surface area contributed by atoms with E-state index in [0.29, 0.717) is 32.6 Å². The number of β-amino-alcohol motifs (C(OH)–C–C–N with tert-alkyl or cyclic N) is 1. The molecule has 1 heterocycles. The maximum absolute atomic E-state index is 12.3. The molecule has 0 aromatic heterocycles. The third kappa shape index (κ3) is 5.64. The zero-order chi connectivity index (χ0) is 15.3. The molecule has 0 spiro atoms. The summed E-state index contributed by atoms with van der Waals surface area (Å²) in [5.74, 6) is -0.0197. The van der Waals surface area contributed by atoms with Crippen LogP contribution in [0.4, 0.5) is 13.2 Å². The van der Waals surface area contributed by atoms with Gasteiger partial charge < -0.3 is 10.0 Å². The quantitative estimate of drug-likeness (QED) is 0.794. The average Bonchev–Trinajstić information content (AvgIpc) is 2.53. The van der Waals surface area contributed by atoms with Crippen LogP contribution in [0.25, 0.3) is 0 Å². The molecule has 20 heavy (non-hydrogen) atoms. The molecule has 5 nitrogen and oxygen atoms in total. The van der Waals surface area contributed by atoms with Gasteiger partial charge in [0.05, 0.1) is 6.54 Å². The van der Waals surface area contributed by atoms with Gasteiger partial charge in [0.15, 0.2) is 6.10 Å². The highest BCUT2D eigenvalue weighted by Gasteiger charge is 2.39. The van der Waals surface area contributed by atoms with Crippen LogP contribution in [0, 0.1) is 0 Å². The molecule has 0 aromatic rings. The first-order valence-electron chi connectivity index (χ1n) is 6.60. The van der Waals surface area contributed by atoms with Gasteiger partial charge in [-0.25, -0.2) is 0 Å². The summed E-state index contributed by atoms with van der Waals surface area (Å²) in [7, 11) is 3.35. The molecule has 118 valence electrons. The van der Waals surface area contributed by atoms with Crippen LogP contribution in [0.5, 0.6) is 0 Å². The molecule has 1 fully saturated rings. The summed E-state index contributed by atoms with van der Waals surface area (Å²) in [4.78, 5) is 16.6. The van der Waals surface area contributed by atoms with Gasteiger partial charge >= 0.3 is 6.18 Å². The van der Waals surface area contributed by atoms with E-state index in [1.165, 1.54) is 4.90 Å². The highest BCUT2D eigenvalue weighted by Crippen LogP contribution is 2.21. The highest BCUT2D eigenvalue weighted by atomic mass is 19.4. The molecule has 1 unspecified atom stereocenters. The van der Waals surface area contributed by atoms with Crippen LogP contribution in [0.2, 0.25) is 0 Å². The van der Waals surface area contributed by atoms with Crippen LogP contribution in [0.3, 0.4) is 0 Å². The van der Waals surface area contributed by atoms with Crippen LogP contribution >= 0.6 is 0 Å². The van der Waals surface area contributed by atoms with Gasteiger partial charge in [-0.15, -0.1) is 0 Å². The summed E-state index contributed by atoms with van der Waals surface area (Å²) in [6, 6.07) is 0. The van der Waals surface area contributed by atoms with E-state index in [-0.39, 0.29) is 12.5 Å². The third-order valence-corrected chi connectivity index (χ3v) is 3.35. The number of alkyl halides is 3. The van der Waals surface area contributed by atoms with E-state index in [1.807, 2.05) is 4.90 Å². The van der Waals surface area contributed by atoms with Gasteiger partial charge in [-0.05, 0) is 19.5 Å². The molecule has 1 atom stereocenters. The minimum Gasteiger partial charge on any atom is -0.382 e. The Balaban J connectivity index is 2.41. The fourth-order valence-electron chi connectivity index (χ4n) is 2.05. The van der Waals surface area contributed by atoms with Crippen molar-refractivity contribution in [3.8, 4) is 0 Å². The summed E-state index contributed by atoms with van der Waals surface area (Å²) in [5.41, 5.74) is 0. The Kier molecular flexibility index (Phi) is 6.22. The maximum atomic E-state index is 12.3. The first-order valence-corrected chi connectivity index (χ1v) is 6.60. The molecule has 0 saturated carbocycles. The van der Waals surface area contributed by atoms with E-state index in [2.05, 4.69) is 0 Å². The number of carbonyl (C=O) groups is 1. The predicted octanol–water partition coefficient (Wildman–Crippen LogP) is 0.00550. The van der Waals surface area contributed by atoms with Crippen molar-refractivity contribution in [2.75, 3.05) is 53.4 Å². The van der Waals surface area contributed by atoms with Gasteiger partial charge in [0, 0.05) is 33.7 Å². The number of rotatable bonds is 4. The number of aliphatic hydroxyl groups excluding tert-OH is 1. The molecule has 0 aliphatic carbocycles. The maximum Gasteiger partial charge on any atom is 0.415 e.